The van der Waals surface area contributed by atoms with Crippen molar-refractivity contribution in [2.75, 3.05) is 6.54 Å². The summed E-state index contributed by atoms with van der Waals surface area (Å²) in [7, 11) is 0. The van der Waals surface area contributed by atoms with Gasteiger partial charge in [-0.3, -0.25) is 4.98 Å². The molecule has 112 valence electrons. The summed E-state index contributed by atoms with van der Waals surface area (Å²) in [5.41, 5.74) is 3.75. The molecule has 2 nitrogen and oxygen atoms in total. The van der Waals surface area contributed by atoms with Crippen LogP contribution in [0.25, 0.3) is 0 Å². The second kappa shape index (κ2) is 7.94. The minimum atomic E-state index is 0.324. The molecule has 1 heterocycles. The molecule has 2 heteroatoms. The smallest absolute Gasteiger partial charge is 0.0404 e. The summed E-state index contributed by atoms with van der Waals surface area (Å²) in [6.07, 6.45) is 4.27. The van der Waals surface area contributed by atoms with Crippen LogP contribution in [0.5, 0.6) is 0 Å². The number of hydrogen-bond acceptors (Lipinski definition) is 2. The highest BCUT2D eigenvalue weighted by atomic mass is 14.9. The summed E-state index contributed by atoms with van der Waals surface area (Å²) in [5, 5.41) is 3.71. The standard InChI is InChI=1S/C19H26N2/c1-4-13-20-19(17-12-11-15(3)21-14-17)18(5-2)16-9-7-6-8-10-16/h6-12,14,18-20H,4-5,13H2,1-3H3. The first-order valence-electron chi connectivity index (χ1n) is 7.97. The van der Waals surface area contributed by atoms with Crippen LogP contribution < -0.4 is 5.32 Å². The van der Waals surface area contributed by atoms with Crippen LogP contribution in [0.4, 0.5) is 0 Å². The first-order chi connectivity index (χ1) is 10.3. The van der Waals surface area contributed by atoms with Crippen molar-refractivity contribution < 1.29 is 0 Å². The van der Waals surface area contributed by atoms with Crippen LogP contribution >= 0.6 is 0 Å². The summed E-state index contributed by atoms with van der Waals surface area (Å²) in [6.45, 7) is 7.54. The maximum Gasteiger partial charge on any atom is 0.0404 e. The number of hydrogen-bond donors (Lipinski definition) is 1. The van der Waals surface area contributed by atoms with E-state index < -0.39 is 0 Å². The van der Waals surface area contributed by atoms with Crippen molar-refractivity contribution in [2.24, 2.45) is 0 Å². The third-order valence-electron chi connectivity index (χ3n) is 3.98. The highest BCUT2D eigenvalue weighted by Crippen LogP contribution is 2.33. The van der Waals surface area contributed by atoms with Crippen molar-refractivity contribution in [3.05, 3.63) is 65.5 Å². The van der Waals surface area contributed by atoms with Gasteiger partial charge in [-0.15, -0.1) is 0 Å². The molecule has 21 heavy (non-hydrogen) atoms. The average molecular weight is 282 g/mol. The molecule has 2 aromatic rings. The molecule has 0 bridgehead atoms. The zero-order valence-electron chi connectivity index (χ0n) is 13.3. The van der Waals surface area contributed by atoms with Crippen molar-refractivity contribution in [2.45, 2.75) is 45.6 Å². The first-order valence-corrected chi connectivity index (χ1v) is 7.97. The molecule has 1 N–H and O–H groups in total. The third kappa shape index (κ3) is 4.15. The van der Waals surface area contributed by atoms with Gasteiger partial charge in [-0.05, 0) is 43.5 Å². The van der Waals surface area contributed by atoms with Crippen LogP contribution in [0.2, 0.25) is 0 Å². The number of nitrogens with one attached hydrogen (secondary N) is 1. The minimum Gasteiger partial charge on any atom is -0.309 e. The Hall–Kier alpha value is -1.67. The van der Waals surface area contributed by atoms with Crippen LogP contribution in [-0.4, -0.2) is 11.5 Å². The Morgan fingerprint density at radius 2 is 1.76 bits per heavy atom. The van der Waals surface area contributed by atoms with E-state index in [2.05, 4.69) is 66.6 Å². The van der Waals surface area contributed by atoms with Crippen LogP contribution in [0, 0.1) is 6.92 Å². The van der Waals surface area contributed by atoms with Gasteiger partial charge in [-0.25, -0.2) is 0 Å². The molecule has 0 radical (unpaired) electrons. The number of pyridine rings is 1. The van der Waals surface area contributed by atoms with Gasteiger partial charge in [0.15, 0.2) is 0 Å². The Balaban J connectivity index is 2.31. The molecule has 0 fully saturated rings. The van der Waals surface area contributed by atoms with Crippen LogP contribution in [0.15, 0.2) is 48.7 Å². The van der Waals surface area contributed by atoms with E-state index in [0.29, 0.717) is 12.0 Å². The molecule has 0 aliphatic carbocycles. The van der Waals surface area contributed by atoms with E-state index in [-0.39, 0.29) is 0 Å². The Morgan fingerprint density at radius 1 is 1.00 bits per heavy atom. The largest absolute Gasteiger partial charge is 0.309 e. The number of benzene rings is 1. The highest BCUT2D eigenvalue weighted by Gasteiger charge is 2.22. The van der Waals surface area contributed by atoms with Gasteiger partial charge in [0, 0.05) is 23.9 Å². The van der Waals surface area contributed by atoms with Gasteiger partial charge in [0.05, 0.1) is 0 Å². The molecular weight excluding hydrogens is 256 g/mol. The normalized spacial score (nSPS) is 13.9. The predicted octanol–water partition coefficient (Wildman–Crippen LogP) is 4.62. The van der Waals surface area contributed by atoms with Gasteiger partial charge in [-0.1, -0.05) is 50.2 Å². The fraction of sp³-hybridized carbons (Fsp3) is 0.421. The van der Waals surface area contributed by atoms with E-state index in [1.807, 2.05) is 13.1 Å². The van der Waals surface area contributed by atoms with Gasteiger partial charge in [0.25, 0.3) is 0 Å². The minimum absolute atomic E-state index is 0.324. The van der Waals surface area contributed by atoms with Crippen molar-refractivity contribution >= 4 is 0 Å². The zero-order chi connectivity index (χ0) is 15.1. The third-order valence-corrected chi connectivity index (χ3v) is 3.98. The van der Waals surface area contributed by atoms with Gasteiger partial charge in [0.1, 0.15) is 0 Å². The number of aryl methyl sites for hydroxylation is 1. The lowest BCUT2D eigenvalue weighted by atomic mass is 9.85. The van der Waals surface area contributed by atoms with Crippen molar-refractivity contribution in [3.8, 4) is 0 Å². The fourth-order valence-electron chi connectivity index (χ4n) is 2.82. The zero-order valence-corrected chi connectivity index (χ0v) is 13.3. The quantitative estimate of drug-likeness (QED) is 0.801. The Kier molecular flexibility index (Phi) is 5.94. The lowest BCUT2D eigenvalue weighted by molar-refractivity contribution is 0.434. The van der Waals surface area contributed by atoms with Gasteiger partial charge >= 0.3 is 0 Å². The number of nitrogens with zero attached hydrogens (tertiary/aromatic N) is 1. The van der Waals surface area contributed by atoms with E-state index >= 15 is 0 Å². The molecular formula is C19H26N2. The molecule has 1 aromatic carbocycles. The van der Waals surface area contributed by atoms with Gasteiger partial charge in [0.2, 0.25) is 0 Å². The molecule has 2 atom stereocenters. The summed E-state index contributed by atoms with van der Waals surface area (Å²) in [5.74, 6) is 0.474. The fourth-order valence-corrected chi connectivity index (χ4v) is 2.82. The molecule has 0 saturated carbocycles. The maximum absolute atomic E-state index is 4.48. The van der Waals surface area contributed by atoms with Crippen LogP contribution in [0.1, 0.15) is 55.5 Å². The topological polar surface area (TPSA) is 24.9 Å². The van der Waals surface area contributed by atoms with E-state index in [0.717, 1.165) is 25.1 Å². The molecule has 0 saturated heterocycles. The van der Waals surface area contributed by atoms with E-state index in [9.17, 15) is 0 Å². The SMILES string of the molecule is CCCNC(c1ccc(C)nc1)C(CC)c1ccccc1. The Morgan fingerprint density at radius 3 is 2.33 bits per heavy atom. The summed E-state index contributed by atoms with van der Waals surface area (Å²) < 4.78 is 0. The monoisotopic (exact) mass is 282 g/mol. The predicted molar refractivity (Wildman–Crippen MR) is 89.5 cm³/mol. The van der Waals surface area contributed by atoms with Crippen LogP contribution in [0.3, 0.4) is 0 Å². The second-order valence-electron chi connectivity index (χ2n) is 5.59. The van der Waals surface area contributed by atoms with Crippen molar-refractivity contribution in [3.63, 3.8) is 0 Å². The lowest BCUT2D eigenvalue weighted by Crippen LogP contribution is -2.28. The summed E-state index contributed by atoms with van der Waals surface area (Å²) in [4.78, 5) is 4.48. The van der Waals surface area contributed by atoms with E-state index in [1.54, 1.807) is 0 Å². The molecule has 1 aromatic heterocycles. The molecule has 0 amide bonds. The second-order valence-corrected chi connectivity index (χ2v) is 5.59. The van der Waals surface area contributed by atoms with Crippen molar-refractivity contribution in [1.82, 2.24) is 10.3 Å². The Labute approximate surface area is 128 Å². The molecule has 0 aliphatic heterocycles. The number of rotatable bonds is 7. The summed E-state index contributed by atoms with van der Waals surface area (Å²) in [6, 6.07) is 15.4. The summed E-state index contributed by atoms with van der Waals surface area (Å²) >= 11 is 0. The molecule has 2 rings (SSSR count). The van der Waals surface area contributed by atoms with E-state index in [1.165, 1.54) is 11.1 Å². The van der Waals surface area contributed by atoms with Gasteiger partial charge in [-0.2, -0.15) is 0 Å². The highest BCUT2D eigenvalue weighted by molar-refractivity contribution is 5.27. The number of aromatic nitrogens is 1. The molecule has 0 aliphatic rings. The average Bonchev–Trinajstić information content (AvgIpc) is 2.53. The van der Waals surface area contributed by atoms with E-state index in [4.69, 9.17) is 0 Å². The molecule has 0 spiro atoms. The Bertz CT molecular complexity index is 519. The first kappa shape index (κ1) is 15.7. The van der Waals surface area contributed by atoms with Crippen LogP contribution in [-0.2, 0) is 0 Å². The molecule has 2 unspecified atom stereocenters. The lowest BCUT2D eigenvalue weighted by Gasteiger charge is -2.28. The maximum atomic E-state index is 4.48. The van der Waals surface area contributed by atoms with Crippen molar-refractivity contribution in [1.29, 1.82) is 0 Å². The van der Waals surface area contributed by atoms with Gasteiger partial charge < -0.3 is 5.32 Å².